The highest BCUT2D eigenvalue weighted by molar-refractivity contribution is 6.10. The molecule has 4 heteroatoms. The van der Waals surface area contributed by atoms with Gasteiger partial charge in [0.2, 0.25) is 0 Å². The molecule has 0 bridgehead atoms. The normalized spacial score (nSPS) is 19.4. The van der Waals surface area contributed by atoms with E-state index in [2.05, 4.69) is 157 Å². The summed E-state index contributed by atoms with van der Waals surface area (Å²) in [6.07, 6.45) is 13.0. The van der Waals surface area contributed by atoms with Gasteiger partial charge in [-0.3, -0.25) is 9.55 Å². The van der Waals surface area contributed by atoms with Crippen LogP contribution in [0.2, 0.25) is 0 Å². The van der Waals surface area contributed by atoms with Crippen LogP contribution in [0.5, 0.6) is 11.5 Å². The predicted molar refractivity (Wildman–Crippen MR) is 242 cm³/mol. The average Bonchev–Trinajstić information content (AvgIpc) is 3.52. The molecule has 2 aliphatic rings. The van der Waals surface area contributed by atoms with Crippen LogP contribution in [0.4, 0.5) is 0 Å². The van der Waals surface area contributed by atoms with Crippen molar-refractivity contribution in [3.05, 3.63) is 137 Å². The molecule has 0 saturated heterocycles. The molecule has 3 heterocycles. The van der Waals surface area contributed by atoms with Gasteiger partial charge in [0, 0.05) is 34.8 Å². The van der Waals surface area contributed by atoms with Gasteiger partial charge in [-0.1, -0.05) is 77.1 Å². The number of aryl methyl sites for hydroxylation is 3. The molecule has 2 saturated carbocycles. The Morgan fingerprint density at radius 2 is 1.33 bits per heavy atom. The Morgan fingerprint density at radius 3 is 2.09 bits per heavy atom. The van der Waals surface area contributed by atoms with Crippen LogP contribution in [0.25, 0.3) is 50.0 Å². The third-order valence-electron chi connectivity index (χ3n) is 14.0. The lowest BCUT2D eigenvalue weighted by atomic mass is 9.65. The molecule has 0 amide bonds. The summed E-state index contributed by atoms with van der Waals surface area (Å²) in [4.78, 5) is 9.88. The first-order valence-corrected chi connectivity index (χ1v) is 21.7. The maximum absolute atomic E-state index is 6.69. The highest BCUT2D eigenvalue weighted by atomic mass is 16.5. The van der Waals surface area contributed by atoms with Crippen molar-refractivity contribution in [2.45, 2.75) is 112 Å². The van der Waals surface area contributed by atoms with Crippen LogP contribution in [0.15, 0.2) is 109 Å². The highest BCUT2D eigenvalue weighted by Crippen LogP contribution is 2.48. The number of fused-ring (bicyclic) bond motifs is 3. The molecule has 0 radical (unpaired) electrons. The standard InChI is InChI=1S/C54H59N3O/c1-34-26-52(56-32-36(34)3)57-50-19-16-41(39-14-12-38(13-15-39)40-20-23-53(5,6)24-21-40)28-48(50)46-18-17-44(29-51(46)57)58-43-11-9-10-42(27-43)49-30-47(37(4)33-55-49)45-22-25-54(7,8)31-35(45)2/h9-19,26-30,32-33,35,40,45H,20-25,31H2,1-8H3. The first-order valence-electron chi connectivity index (χ1n) is 21.7. The number of hydrogen-bond donors (Lipinski definition) is 0. The van der Waals surface area contributed by atoms with E-state index in [4.69, 9.17) is 14.7 Å². The SMILES string of the molecule is Cc1cnc(-n2c3ccc(-c4ccc(C5CCC(C)(C)CC5)cc4)cc3c3ccc(Oc4cccc(-c5cc(C6CCC(C)(C)CC6C)c(C)cn5)c4)cc32)cc1C. The lowest BCUT2D eigenvalue weighted by molar-refractivity contribution is 0.167. The summed E-state index contributed by atoms with van der Waals surface area (Å²) in [7, 11) is 0. The van der Waals surface area contributed by atoms with E-state index in [1.54, 1.807) is 0 Å². The molecule has 2 atom stereocenters. The Hall–Kier alpha value is -5.22. The van der Waals surface area contributed by atoms with Crippen molar-refractivity contribution in [2.75, 3.05) is 0 Å². The second-order valence-corrected chi connectivity index (χ2v) is 19.5. The first-order chi connectivity index (χ1) is 27.8. The van der Waals surface area contributed by atoms with E-state index >= 15 is 0 Å². The fraction of sp³-hybridized carbons (Fsp3) is 0.370. The summed E-state index contributed by atoms with van der Waals surface area (Å²) < 4.78 is 8.99. The Balaban J connectivity index is 1.05. The second-order valence-electron chi connectivity index (χ2n) is 19.5. The van der Waals surface area contributed by atoms with E-state index in [1.807, 2.05) is 12.3 Å². The van der Waals surface area contributed by atoms with Crippen LogP contribution in [-0.2, 0) is 0 Å². The molecule has 2 aliphatic carbocycles. The van der Waals surface area contributed by atoms with E-state index in [0.29, 0.717) is 28.6 Å². The quantitative estimate of drug-likeness (QED) is 0.162. The van der Waals surface area contributed by atoms with Gasteiger partial charge in [0.25, 0.3) is 0 Å². The lowest BCUT2D eigenvalue weighted by Gasteiger charge is -2.40. The number of benzene rings is 4. The topological polar surface area (TPSA) is 39.9 Å². The van der Waals surface area contributed by atoms with E-state index in [0.717, 1.165) is 39.6 Å². The smallest absolute Gasteiger partial charge is 0.137 e. The molecule has 58 heavy (non-hydrogen) atoms. The molecular weight excluding hydrogens is 707 g/mol. The van der Waals surface area contributed by atoms with Gasteiger partial charge in [-0.25, -0.2) is 4.98 Å². The minimum Gasteiger partial charge on any atom is -0.457 e. The minimum atomic E-state index is 0.417. The summed E-state index contributed by atoms with van der Waals surface area (Å²) in [6, 6.07) is 35.7. The molecule has 3 aromatic heterocycles. The molecule has 4 aromatic carbocycles. The number of aromatic nitrogens is 3. The Labute approximate surface area is 345 Å². The predicted octanol–water partition coefficient (Wildman–Crippen LogP) is 15.2. The van der Waals surface area contributed by atoms with Crippen molar-refractivity contribution in [3.8, 4) is 39.7 Å². The Morgan fingerprint density at radius 1 is 0.603 bits per heavy atom. The van der Waals surface area contributed by atoms with Gasteiger partial charge in [-0.2, -0.15) is 0 Å². The van der Waals surface area contributed by atoms with Crippen molar-refractivity contribution >= 4 is 21.8 Å². The monoisotopic (exact) mass is 765 g/mol. The first kappa shape index (κ1) is 38.3. The molecule has 296 valence electrons. The number of nitrogens with zero attached hydrogens (tertiary/aromatic N) is 3. The van der Waals surface area contributed by atoms with Gasteiger partial charge < -0.3 is 4.74 Å². The van der Waals surface area contributed by atoms with Gasteiger partial charge in [-0.05, 0) is 182 Å². The van der Waals surface area contributed by atoms with Crippen molar-refractivity contribution in [1.82, 2.24) is 14.5 Å². The van der Waals surface area contributed by atoms with Crippen molar-refractivity contribution in [1.29, 1.82) is 0 Å². The van der Waals surface area contributed by atoms with Crippen molar-refractivity contribution < 1.29 is 4.74 Å². The van der Waals surface area contributed by atoms with Gasteiger partial charge in [0.05, 0.1) is 16.7 Å². The van der Waals surface area contributed by atoms with Crippen LogP contribution in [0.1, 0.15) is 119 Å². The zero-order chi connectivity index (χ0) is 40.3. The van der Waals surface area contributed by atoms with Crippen LogP contribution < -0.4 is 4.74 Å². The summed E-state index contributed by atoms with van der Waals surface area (Å²) in [6.45, 7) is 18.6. The molecule has 4 nitrogen and oxygen atoms in total. The molecule has 9 rings (SSSR count). The molecule has 2 fully saturated rings. The van der Waals surface area contributed by atoms with E-state index in [9.17, 15) is 0 Å². The number of pyridine rings is 2. The van der Waals surface area contributed by atoms with Gasteiger partial charge >= 0.3 is 0 Å². The number of rotatable bonds is 7. The number of ether oxygens (including phenoxy) is 1. The summed E-state index contributed by atoms with van der Waals surface area (Å²) in [5.41, 5.74) is 14.3. The largest absolute Gasteiger partial charge is 0.457 e. The fourth-order valence-corrected chi connectivity index (χ4v) is 10.3. The van der Waals surface area contributed by atoms with Gasteiger partial charge in [-0.15, -0.1) is 0 Å². The zero-order valence-corrected chi connectivity index (χ0v) is 35.8. The lowest BCUT2D eigenvalue weighted by Crippen LogP contribution is -2.27. The fourth-order valence-electron chi connectivity index (χ4n) is 10.3. The Kier molecular flexibility index (Phi) is 9.82. The third-order valence-corrected chi connectivity index (χ3v) is 14.0. The summed E-state index contributed by atoms with van der Waals surface area (Å²) >= 11 is 0. The zero-order valence-electron chi connectivity index (χ0n) is 35.8. The molecule has 0 aliphatic heterocycles. The van der Waals surface area contributed by atoms with Crippen molar-refractivity contribution in [2.24, 2.45) is 16.7 Å². The average molecular weight is 766 g/mol. The van der Waals surface area contributed by atoms with Crippen LogP contribution >= 0.6 is 0 Å². The Bertz CT molecular complexity index is 2630. The van der Waals surface area contributed by atoms with E-state index < -0.39 is 0 Å². The minimum absolute atomic E-state index is 0.417. The molecular formula is C54H59N3O. The van der Waals surface area contributed by atoms with E-state index in [1.165, 1.54) is 94.7 Å². The molecule has 0 N–H and O–H groups in total. The highest BCUT2D eigenvalue weighted by Gasteiger charge is 2.34. The number of hydrogen-bond acceptors (Lipinski definition) is 3. The van der Waals surface area contributed by atoms with E-state index in [-0.39, 0.29) is 0 Å². The summed E-state index contributed by atoms with van der Waals surface area (Å²) in [5.74, 6) is 4.37. The molecule has 2 unspecified atom stereocenters. The van der Waals surface area contributed by atoms with Crippen molar-refractivity contribution in [3.63, 3.8) is 0 Å². The second kappa shape index (κ2) is 14.9. The maximum atomic E-state index is 6.69. The molecule has 7 aromatic rings. The van der Waals surface area contributed by atoms with Crippen LogP contribution in [-0.4, -0.2) is 14.5 Å². The van der Waals surface area contributed by atoms with Crippen LogP contribution in [0.3, 0.4) is 0 Å². The van der Waals surface area contributed by atoms with Crippen LogP contribution in [0, 0.1) is 37.5 Å². The van der Waals surface area contributed by atoms with Gasteiger partial charge in [0.15, 0.2) is 0 Å². The third kappa shape index (κ3) is 7.47. The van der Waals surface area contributed by atoms with Gasteiger partial charge in [0.1, 0.15) is 17.3 Å². The molecule has 0 spiro atoms. The summed E-state index contributed by atoms with van der Waals surface area (Å²) in [5, 5.41) is 2.38. The maximum Gasteiger partial charge on any atom is 0.137 e.